The Kier molecular flexibility index (Phi) is 5.18. The van der Waals surface area contributed by atoms with Crippen LogP contribution in [0.1, 0.15) is 0 Å². The number of halogens is 1. The smallest absolute Gasteiger partial charge is 0.323 e. The topological polar surface area (TPSA) is 59.0 Å². The molecule has 5 nitrogen and oxygen atoms in total. The Hall–Kier alpha value is -1.11. The van der Waals surface area contributed by atoms with Gasteiger partial charge in [-0.1, -0.05) is 15.9 Å². The van der Waals surface area contributed by atoms with Crippen molar-refractivity contribution in [3.05, 3.63) is 28.7 Å². The van der Waals surface area contributed by atoms with Crippen LogP contribution in [0.25, 0.3) is 0 Å². The van der Waals surface area contributed by atoms with Gasteiger partial charge < -0.3 is 14.6 Å². The molecule has 104 valence electrons. The van der Waals surface area contributed by atoms with Crippen molar-refractivity contribution >= 4 is 21.9 Å². The first-order valence-corrected chi connectivity index (χ1v) is 6.89. The van der Waals surface area contributed by atoms with Crippen LogP contribution in [0, 0.1) is 0 Å². The number of aliphatic carboxylic acids is 1. The minimum atomic E-state index is -0.844. The summed E-state index contributed by atoms with van der Waals surface area (Å²) in [6.45, 7) is 2.48. The maximum absolute atomic E-state index is 11.1. The van der Waals surface area contributed by atoms with Gasteiger partial charge in [0.2, 0.25) is 0 Å². The molecule has 0 spiro atoms. The van der Waals surface area contributed by atoms with Crippen molar-refractivity contribution in [1.82, 2.24) is 4.90 Å². The van der Waals surface area contributed by atoms with Gasteiger partial charge in [-0.05, 0) is 24.3 Å². The number of rotatable bonds is 5. The van der Waals surface area contributed by atoms with E-state index >= 15 is 0 Å². The van der Waals surface area contributed by atoms with E-state index in [4.69, 9.17) is 14.6 Å². The van der Waals surface area contributed by atoms with Gasteiger partial charge in [-0.3, -0.25) is 9.69 Å². The summed E-state index contributed by atoms with van der Waals surface area (Å²) >= 11 is 3.36. The van der Waals surface area contributed by atoms with Gasteiger partial charge in [-0.15, -0.1) is 0 Å². The van der Waals surface area contributed by atoms with Gasteiger partial charge in [0.25, 0.3) is 0 Å². The Balaban J connectivity index is 1.80. The molecule has 2 rings (SSSR count). The molecule has 0 radical (unpaired) electrons. The van der Waals surface area contributed by atoms with Crippen molar-refractivity contribution in [3.63, 3.8) is 0 Å². The van der Waals surface area contributed by atoms with Crippen LogP contribution in [0.15, 0.2) is 28.7 Å². The van der Waals surface area contributed by atoms with Crippen LogP contribution in [0.4, 0.5) is 0 Å². The summed E-state index contributed by atoms with van der Waals surface area (Å²) in [5.74, 6) is -0.0633. The minimum absolute atomic E-state index is 0.244. The van der Waals surface area contributed by atoms with Crippen LogP contribution in [0.2, 0.25) is 0 Å². The van der Waals surface area contributed by atoms with Crippen molar-refractivity contribution < 1.29 is 19.4 Å². The highest BCUT2D eigenvalue weighted by Gasteiger charge is 2.28. The number of ether oxygens (including phenoxy) is 2. The van der Waals surface area contributed by atoms with E-state index in [1.807, 2.05) is 29.2 Å². The van der Waals surface area contributed by atoms with Crippen molar-refractivity contribution in [2.24, 2.45) is 0 Å². The number of carboxylic acid groups (broad SMARTS) is 1. The summed E-state index contributed by atoms with van der Waals surface area (Å²) < 4.78 is 11.8. The standard InChI is InChI=1S/C13H16BrNO4/c14-10-1-3-11(4-2-10)19-8-6-15-5-7-18-9-12(15)13(16)17/h1-4,12H,5-9H2,(H,16,17). The van der Waals surface area contributed by atoms with Gasteiger partial charge in [0, 0.05) is 17.6 Å². The molecule has 1 N–H and O–H groups in total. The summed E-state index contributed by atoms with van der Waals surface area (Å²) in [7, 11) is 0. The molecule has 19 heavy (non-hydrogen) atoms. The molecule has 0 aliphatic carbocycles. The lowest BCUT2D eigenvalue weighted by atomic mass is 10.2. The van der Waals surface area contributed by atoms with Crippen LogP contribution in [-0.4, -0.2) is 54.9 Å². The third kappa shape index (κ3) is 4.19. The molecule has 6 heteroatoms. The van der Waals surface area contributed by atoms with Crippen molar-refractivity contribution in [3.8, 4) is 5.75 Å². The Bertz CT molecular complexity index is 423. The Morgan fingerprint density at radius 3 is 2.89 bits per heavy atom. The molecule has 1 aromatic rings. The number of morpholine rings is 1. The van der Waals surface area contributed by atoms with Gasteiger partial charge in [-0.2, -0.15) is 0 Å². The lowest BCUT2D eigenvalue weighted by molar-refractivity contribution is -0.149. The normalized spacial score (nSPS) is 20.2. The Morgan fingerprint density at radius 1 is 1.47 bits per heavy atom. The van der Waals surface area contributed by atoms with E-state index in [1.54, 1.807) is 0 Å². The number of carbonyl (C=O) groups is 1. The fraction of sp³-hybridized carbons (Fsp3) is 0.462. The van der Waals surface area contributed by atoms with Gasteiger partial charge in [0.1, 0.15) is 18.4 Å². The first-order chi connectivity index (χ1) is 9.16. The molecule has 1 saturated heterocycles. The monoisotopic (exact) mass is 329 g/mol. The number of hydrogen-bond donors (Lipinski definition) is 1. The quantitative estimate of drug-likeness (QED) is 0.889. The third-order valence-corrected chi connectivity index (χ3v) is 3.51. The molecule has 1 fully saturated rings. The average Bonchev–Trinajstić information content (AvgIpc) is 2.41. The Labute approximate surface area is 120 Å². The van der Waals surface area contributed by atoms with Crippen LogP contribution in [0.5, 0.6) is 5.75 Å². The fourth-order valence-corrected chi connectivity index (χ4v) is 2.21. The minimum Gasteiger partial charge on any atom is -0.492 e. The van der Waals surface area contributed by atoms with Crippen molar-refractivity contribution in [2.75, 3.05) is 32.9 Å². The van der Waals surface area contributed by atoms with E-state index in [0.717, 1.165) is 10.2 Å². The first kappa shape index (κ1) is 14.3. The highest BCUT2D eigenvalue weighted by molar-refractivity contribution is 9.10. The molecular formula is C13H16BrNO4. The van der Waals surface area contributed by atoms with E-state index in [1.165, 1.54) is 0 Å². The van der Waals surface area contributed by atoms with Crippen molar-refractivity contribution in [1.29, 1.82) is 0 Å². The number of hydrogen-bond acceptors (Lipinski definition) is 4. The van der Waals surface area contributed by atoms with Crippen molar-refractivity contribution in [2.45, 2.75) is 6.04 Å². The molecule has 0 aromatic heterocycles. The zero-order valence-electron chi connectivity index (χ0n) is 10.4. The second-order valence-electron chi connectivity index (χ2n) is 4.27. The van der Waals surface area contributed by atoms with Crippen LogP contribution < -0.4 is 4.74 Å². The highest BCUT2D eigenvalue weighted by atomic mass is 79.9. The van der Waals surface area contributed by atoms with E-state index in [2.05, 4.69) is 15.9 Å². The molecule has 0 amide bonds. The second-order valence-corrected chi connectivity index (χ2v) is 5.18. The van der Waals surface area contributed by atoms with E-state index < -0.39 is 12.0 Å². The Morgan fingerprint density at radius 2 is 2.21 bits per heavy atom. The molecular weight excluding hydrogens is 314 g/mol. The molecule has 0 bridgehead atoms. The van der Waals surface area contributed by atoms with E-state index in [-0.39, 0.29) is 6.61 Å². The predicted molar refractivity (Wildman–Crippen MR) is 73.5 cm³/mol. The SMILES string of the molecule is O=C(O)C1COCCN1CCOc1ccc(Br)cc1. The van der Waals surface area contributed by atoms with E-state index in [0.29, 0.717) is 26.3 Å². The molecule has 1 aromatic carbocycles. The fourth-order valence-electron chi connectivity index (χ4n) is 1.94. The van der Waals surface area contributed by atoms with Crippen LogP contribution in [-0.2, 0) is 9.53 Å². The molecule has 1 atom stereocenters. The first-order valence-electron chi connectivity index (χ1n) is 6.10. The maximum atomic E-state index is 11.1. The largest absolute Gasteiger partial charge is 0.492 e. The molecule has 1 heterocycles. The average molecular weight is 330 g/mol. The molecule has 1 unspecified atom stereocenters. The molecule has 1 aliphatic heterocycles. The number of benzene rings is 1. The lowest BCUT2D eigenvalue weighted by Gasteiger charge is -2.32. The van der Waals surface area contributed by atoms with Gasteiger partial charge in [0.15, 0.2) is 0 Å². The summed E-state index contributed by atoms with van der Waals surface area (Å²) in [4.78, 5) is 12.9. The predicted octanol–water partition coefficient (Wildman–Crippen LogP) is 1.61. The number of nitrogens with zero attached hydrogens (tertiary/aromatic N) is 1. The molecule has 1 aliphatic rings. The maximum Gasteiger partial charge on any atom is 0.323 e. The third-order valence-electron chi connectivity index (χ3n) is 2.99. The van der Waals surface area contributed by atoms with E-state index in [9.17, 15) is 4.79 Å². The summed E-state index contributed by atoms with van der Waals surface area (Å²) in [6, 6.07) is 6.99. The van der Waals surface area contributed by atoms with Crippen LogP contribution in [0.3, 0.4) is 0 Å². The summed E-state index contributed by atoms with van der Waals surface area (Å²) in [5, 5.41) is 9.09. The lowest BCUT2D eigenvalue weighted by Crippen LogP contribution is -2.51. The highest BCUT2D eigenvalue weighted by Crippen LogP contribution is 2.16. The van der Waals surface area contributed by atoms with Gasteiger partial charge in [-0.25, -0.2) is 0 Å². The van der Waals surface area contributed by atoms with Gasteiger partial charge >= 0.3 is 5.97 Å². The zero-order chi connectivity index (χ0) is 13.7. The summed E-state index contributed by atoms with van der Waals surface area (Å²) in [5.41, 5.74) is 0. The second kappa shape index (κ2) is 6.88. The number of carboxylic acids is 1. The summed E-state index contributed by atoms with van der Waals surface area (Å²) in [6.07, 6.45) is 0. The van der Waals surface area contributed by atoms with Crippen LogP contribution >= 0.6 is 15.9 Å². The zero-order valence-corrected chi connectivity index (χ0v) is 12.0. The molecule has 0 saturated carbocycles. The van der Waals surface area contributed by atoms with Gasteiger partial charge in [0.05, 0.1) is 13.2 Å².